The number of hydrogen-bond acceptors (Lipinski definition) is 3. The molecule has 31 heavy (non-hydrogen) atoms. The van der Waals surface area contributed by atoms with E-state index in [0.717, 1.165) is 61.9 Å². The smallest absolute Gasteiger partial charge is 0.222 e. The lowest BCUT2D eigenvalue weighted by Gasteiger charge is -2.16. The lowest BCUT2D eigenvalue weighted by atomic mass is 10.2. The number of rotatable bonds is 10. The summed E-state index contributed by atoms with van der Waals surface area (Å²) in [6.07, 6.45) is 2.61. The van der Waals surface area contributed by atoms with Gasteiger partial charge in [0.1, 0.15) is 12.4 Å². The van der Waals surface area contributed by atoms with E-state index in [1.807, 2.05) is 47.4 Å². The molecule has 0 spiro atoms. The Kier molecular flexibility index (Phi) is 11.2. The number of amides is 1. The van der Waals surface area contributed by atoms with Crippen LogP contribution < -0.4 is 15.4 Å². The highest BCUT2D eigenvalue weighted by molar-refractivity contribution is 14.0. The highest BCUT2D eigenvalue weighted by Crippen LogP contribution is 2.15. The number of hydrogen-bond donors (Lipinski definition) is 2. The van der Waals surface area contributed by atoms with E-state index in [0.29, 0.717) is 19.6 Å². The maximum Gasteiger partial charge on any atom is 0.222 e. The Balaban J connectivity index is 0.00000341. The molecule has 6 nitrogen and oxygen atoms in total. The summed E-state index contributed by atoms with van der Waals surface area (Å²) in [7, 11) is 0. The standard InChI is InChI=1S/C24H32N4O2.HI/c1-2-25-24(26-15-7-17-28-16-6-10-23(28)29)27-18-20-11-13-22(14-12-20)30-19-21-8-4-3-5-9-21;/h3-5,8-9,11-14H,2,6-7,10,15-19H2,1H3,(H2,25,26,27);1H. The molecule has 1 saturated heterocycles. The molecule has 1 aliphatic heterocycles. The van der Waals surface area contributed by atoms with Crippen molar-refractivity contribution < 1.29 is 9.53 Å². The van der Waals surface area contributed by atoms with E-state index >= 15 is 0 Å². The maximum atomic E-state index is 11.7. The second kappa shape index (κ2) is 13.9. The van der Waals surface area contributed by atoms with Crippen molar-refractivity contribution in [2.75, 3.05) is 26.2 Å². The first kappa shape index (κ1) is 25.0. The predicted octanol–water partition coefficient (Wildman–Crippen LogP) is 3.95. The largest absolute Gasteiger partial charge is 0.489 e. The van der Waals surface area contributed by atoms with Crippen LogP contribution in [-0.4, -0.2) is 42.9 Å². The average molecular weight is 536 g/mol. The molecule has 1 fully saturated rings. The summed E-state index contributed by atoms with van der Waals surface area (Å²) in [6, 6.07) is 18.2. The third-order valence-corrected chi connectivity index (χ3v) is 5.00. The molecule has 2 aromatic rings. The molecule has 1 amide bonds. The molecule has 0 bridgehead atoms. The summed E-state index contributed by atoms with van der Waals surface area (Å²) in [5.74, 6) is 1.94. The van der Waals surface area contributed by atoms with Gasteiger partial charge in [0, 0.05) is 32.6 Å². The zero-order valence-corrected chi connectivity index (χ0v) is 20.5. The van der Waals surface area contributed by atoms with Crippen LogP contribution >= 0.6 is 24.0 Å². The minimum Gasteiger partial charge on any atom is -0.489 e. The van der Waals surface area contributed by atoms with Gasteiger partial charge in [0.25, 0.3) is 0 Å². The van der Waals surface area contributed by atoms with Gasteiger partial charge in [0.15, 0.2) is 5.96 Å². The fraction of sp³-hybridized carbons (Fsp3) is 0.417. The molecule has 2 N–H and O–H groups in total. The number of carbonyl (C=O) groups excluding carboxylic acids is 1. The van der Waals surface area contributed by atoms with Crippen LogP contribution in [-0.2, 0) is 17.9 Å². The predicted molar refractivity (Wildman–Crippen MR) is 136 cm³/mol. The van der Waals surface area contributed by atoms with E-state index in [4.69, 9.17) is 4.74 Å². The van der Waals surface area contributed by atoms with Crippen LogP contribution in [0.3, 0.4) is 0 Å². The number of nitrogens with one attached hydrogen (secondary N) is 2. The molecule has 3 rings (SSSR count). The summed E-state index contributed by atoms with van der Waals surface area (Å²) < 4.78 is 5.84. The highest BCUT2D eigenvalue weighted by Gasteiger charge is 2.18. The molecule has 0 unspecified atom stereocenters. The van der Waals surface area contributed by atoms with Crippen molar-refractivity contribution in [3.8, 4) is 5.75 Å². The number of guanidine groups is 1. The van der Waals surface area contributed by atoms with Crippen LogP contribution in [0.2, 0.25) is 0 Å². The first-order valence-electron chi connectivity index (χ1n) is 10.8. The molecular weight excluding hydrogens is 503 g/mol. The molecule has 0 atom stereocenters. The van der Waals surface area contributed by atoms with Crippen molar-refractivity contribution in [1.82, 2.24) is 15.5 Å². The summed E-state index contributed by atoms with van der Waals surface area (Å²) in [5, 5.41) is 6.63. The normalized spacial score (nSPS) is 13.6. The molecule has 1 heterocycles. The van der Waals surface area contributed by atoms with Gasteiger partial charge < -0.3 is 20.3 Å². The molecule has 0 aromatic heterocycles. The second-order valence-electron chi connectivity index (χ2n) is 7.38. The van der Waals surface area contributed by atoms with Crippen LogP contribution in [0.15, 0.2) is 59.6 Å². The van der Waals surface area contributed by atoms with E-state index in [1.54, 1.807) is 0 Å². The Morgan fingerprint density at radius 3 is 2.52 bits per heavy atom. The van der Waals surface area contributed by atoms with Gasteiger partial charge >= 0.3 is 0 Å². The number of halogens is 1. The van der Waals surface area contributed by atoms with Gasteiger partial charge in [-0.05, 0) is 43.0 Å². The molecule has 0 saturated carbocycles. The summed E-state index contributed by atoms with van der Waals surface area (Å²) in [6.45, 7) is 6.53. The van der Waals surface area contributed by atoms with Crippen LogP contribution in [0, 0.1) is 0 Å². The summed E-state index contributed by atoms with van der Waals surface area (Å²) in [4.78, 5) is 18.3. The van der Waals surface area contributed by atoms with E-state index in [2.05, 4.69) is 34.7 Å². The Bertz CT molecular complexity index is 812. The number of benzene rings is 2. The van der Waals surface area contributed by atoms with Crippen LogP contribution in [0.5, 0.6) is 5.75 Å². The van der Waals surface area contributed by atoms with Gasteiger partial charge in [-0.15, -0.1) is 24.0 Å². The van der Waals surface area contributed by atoms with Gasteiger partial charge in [-0.25, -0.2) is 4.99 Å². The van der Waals surface area contributed by atoms with Gasteiger partial charge in [0.05, 0.1) is 6.54 Å². The van der Waals surface area contributed by atoms with Gasteiger partial charge in [0.2, 0.25) is 5.91 Å². The van der Waals surface area contributed by atoms with Crippen LogP contribution in [0.4, 0.5) is 0 Å². The average Bonchev–Trinajstić information content (AvgIpc) is 3.19. The zero-order valence-electron chi connectivity index (χ0n) is 18.2. The fourth-order valence-corrected chi connectivity index (χ4v) is 3.36. The SMILES string of the molecule is CCNC(=NCc1ccc(OCc2ccccc2)cc1)NCCCN1CCCC1=O.I. The maximum absolute atomic E-state index is 11.7. The highest BCUT2D eigenvalue weighted by atomic mass is 127. The number of likely N-dealkylation sites (tertiary alicyclic amines) is 1. The molecule has 0 aliphatic carbocycles. The van der Waals surface area contributed by atoms with E-state index in [-0.39, 0.29) is 29.9 Å². The minimum absolute atomic E-state index is 0. The molecule has 2 aromatic carbocycles. The van der Waals surface area contributed by atoms with Crippen LogP contribution in [0.1, 0.15) is 37.3 Å². The minimum atomic E-state index is 0. The first-order chi connectivity index (χ1) is 14.7. The molecular formula is C24H33IN4O2. The Labute approximate surface area is 202 Å². The molecule has 168 valence electrons. The number of carbonyl (C=O) groups is 1. The quantitative estimate of drug-likeness (QED) is 0.209. The summed E-state index contributed by atoms with van der Waals surface area (Å²) >= 11 is 0. The van der Waals surface area contributed by atoms with Gasteiger partial charge in [-0.3, -0.25) is 4.79 Å². The van der Waals surface area contributed by atoms with E-state index in [1.165, 1.54) is 0 Å². The monoisotopic (exact) mass is 536 g/mol. The number of nitrogens with zero attached hydrogens (tertiary/aromatic N) is 2. The molecule has 1 aliphatic rings. The lowest BCUT2D eigenvalue weighted by Crippen LogP contribution is -2.39. The van der Waals surface area contributed by atoms with E-state index in [9.17, 15) is 4.79 Å². The second-order valence-corrected chi connectivity index (χ2v) is 7.38. The molecule has 0 radical (unpaired) electrons. The van der Waals surface area contributed by atoms with Crippen molar-refractivity contribution in [2.24, 2.45) is 4.99 Å². The Morgan fingerprint density at radius 2 is 1.84 bits per heavy atom. The van der Waals surface area contributed by atoms with Gasteiger partial charge in [-0.1, -0.05) is 42.5 Å². The number of ether oxygens (including phenoxy) is 1. The fourth-order valence-electron chi connectivity index (χ4n) is 3.36. The van der Waals surface area contributed by atoms with Crippen LogP contribution in [0.25, 0.3) is 0 Å². The third kappa shape index (κ3) is 8.77. The van der Waals surface area contributed by atoms with Crippen molar-refractivity contribution in [1.29, 1.82) is 0 Å². The first-order valence-corrected chi connectivity index (χ1v) is 10.8. The Hall–Kier alpha value is -2.29. The van der Waals surface area contributed by atoms with Crippen molar-refractivity contribution >= 4 is 35.8 Å². The lowest BCUT2D eigenvalue weighted by molar-refractivity contribution is -0.127. The molecule has 7 heteroatoms. The Morgan fingerprint density at radius 1 is 1.06 bits per heavy atom. The third-order valence-electron chi connectivity index (χ3n) is 5.00. The number of aliphatic imine (C=N–C) groups is 1. The van der Waals surface area contributed by atoms with Crippen molar-refractivity contribution in [3.05, 3.63) is 65.7 Å². The van der Waals surface area contributed by atoms with E-state index < -0.39 is 0 Å². The van der Waals surface area contributed by atoms with Gasteiger partial charge in [-0.2, -0.15) is 0 Å². The zero-order chi connectivity index (χ0) is 21.0. The topological polar surface area (TPSA) is 66.0 Å². The van der Waals surface area contributed by atoms with Crippen molar-refractivity contribution in [3.63, 3.8) is 0 Å². The summed E-state index contributed by atoms with van der Waals surface area (Å²) in [5.41, 5.74) is 2.28. The van der Waals surface area contributed by atoms with Crippen molar-refractivity contribution in [2.45, 2.75) is 39.3 Å².